The largest absolute Gasteiger partial charge is 0.492 e. The predicted molar refractivity (Wildman–Crippen MR) is 76.1 cm³/mol. The van der Waals surface area contributed by atoms with E-state index in [0.717, 1.165) is 29.4 Å². The van der Waals surface area contributed by atoms with Crippen molar-refractivity contribution in [1.29, 1.82) is 0 Å². The first kappa shape index (κ1) is 11.8. The van der Waals surface area contributed by atoms with Gasteiger partial charge in [-0.05, 0) is 30.7 Å². The van der Waals surface area contributed by atoms with Crippen LogP contribution in [0.4, 0.5) is 5.69 Å². The second-order valence-electron chi connectivity index (χ2n) is 4.80. The first-order valence-corrected chi connectivity index (χ1v) is 6.33. The van der Waals surface area contributed by atoms with Crippen LogP contribution in [0.3, 0.4) is 0 Å². The van der Waals surface area contributed by atoms with Crippen LogP contribution < -0.4 is 10.5 Å². The highest BCUT2D eigenvalue weighted by Crippen LogP contribution is 2.32. The zero-order valence-corrected chi connectivity index (χ0v) is 11.2. The summed E-state index contributed by atoms with van der Waals surface area (Å²) in [7, 11) is 1.69. The number of amidine groups is 1. The molecule has 2 aromatic carbocycles. The van der Waals surface area contributed by atoms with E-state index in [1.54, 1.807) is 7.11 Å². The van der Waals surface area contributed by atoms with Gasteiger partial charge in [0.15, 0.2) is 11.4 Å². The van der Waals surface area contributed by atoms with Crippen LogP contribution >= 0.6 is 0 Å². The standard InChI is InChI=1S/C16H16N2O/c1-11-7-8-15(19-2)14(9-11)18-10-12-5-3-4-6-13(12)16(18)17/h3-9,17H,10H2,1-2H3/p+1. The lowest BCUT2D eigenvalue weighted by molar-refractivity contribution is -0.453. The molecular weight excluding hydrogens is 236 g/mol. The van der Waals surface area contributed by atoms with Crippen LogP contribution in [0.15, 0.2) is 42.5 Å². The maximum absolute atomic E-state index is 6.28. The van der Waals surface area contributed by atoms with Crippen molar-refractivity contribution in [2.24, 2.45) is 5.73 Å². The number of benzene rings is 2. The Bertz CT molecular complexity index is 674. The Labute approximate surface area is 113 Å². The number of rotatable bonds is 2. The van der Waals surface area contributed by atoms with Crippen molar-refractivity contribution in [1.82, 2.24) is 0 Å². The highest BCUT2D eigenvalue weighted by molar-refractivity contribution is 5.97. The molecular formula is C16H17N2O+. The summed E-state index contributed by atoms with van der Waals surface area (Å²) in [6, 6.07) is 14.4. The lowest BCUT2D eigenvalue weighted by Gasteiger charge is -2.09. The van der Waals surface area contributed by atoms with E-state index in [1.807, 2.05) is 24.3 Å². The second kappa shape index (κ2) is 4.43. The fraction of sp³-hybridized carbons (Fsp3) is 0.188. The highest BCUT2D eigenvalue weighted by Gasteiger charge is 2.27. The molecule has 1 heterocycles. The van der Waals surface area contributed by atoms with E-state index in [-0.39, 0.29) is 0 Å². The van der Waals surface area contributed by atoms with Crippen molar-refractivity contribution in [2.75, 3.05) is 7.11 Å². The molecule has 0 spiro atoms. The number of nitrogens with zero attached hydrogens (tertiary/aromatic N) is 1. The monoisotopic (exact) mass is 253 g/mol. The van der Waals surface area contributed by atoms with Crippen molar-refractivity contribution >= 4 is 11.5 Å². The fourth-order valence-corrected chi connectivity index (χ4v) is 2.53. The van der Waals surface area contributed by atoms with Gasteiger partial charge in [-0.25, -0.2) is 4.58 Å². The lowest BCUT2D eigenvalue weighted by Crippen LogP contribution is -2.20. The minimum atomic E-state index is 0.791. The van der Waals surface area contributed by atoms with Gasteiger partial charge in [-0.1, -0.05) is 24.3 Å². The molecule has 0 bridgehead atoms. The second-order valence-corrected chi connectivity index (χ2v) is 4.80. The molecule has 1 aliphatic heterocycles. The molecule has 0 amide bonds. The van der Waals surface area contributed by atoms with Gasteiger partial charge in [-0.15, -0.1) is 0 Å². The number of ether oxygens (including phenoxy) is 1. The molecule has 2 N–H and O–H groups in total. The number of nitrogens with two attached hydrogens (primary N) is 1. The third-order valence-corrected chi connectivity index (χ3v) is 3.54. The fourth-order valence-electron chi connectivity index (χ4n) is 2.53. The molecule has 0 radical (unpaired) electrons. The Hall–Kier alpha value is -2.29. The quantitative estimate of drug-likeness (QED) is 0.835. The molecule has 0 saturated heterocycles. The normalized spacial score (nSPS) is 13.6. The minimum Gasteiger partial charge on any atom is -0.492 e. The third kappa shape index (κ3) is 1.87. The molecule has 3 nitrogen and oxygen atoms in total. The van der Waals surface area contributed by atoms with Crippen molar-refractivity contribution in [3.8, 4) is 5.75 Å². The van der Waals surface area contributed by atoms with E-state index in [9.17, 15) is 0 Å². The molecule has 2 aromatic rings. The van der Waals surface area contributed by atoms with Gasteiger partial charge in [0.2, 0.25) is 0 Å². The zero-order chi connectivity index (χ0) is 13.4. The van der Waals surface area contributed by atoms with Crippen molar-refractivity contribution in [3.05, 3.63) is 59.2 Å². The van der Waals surface area contributed by atoms with Gasteiger partial charge in [0, 0.05) is 5.56 Å². The number of aryl methyl sites for hydroxylation is 1. The smallest absolute Gasteiger partial charge is 0.280 e. The van der Waals surface area contributed by atoms with E-state index in [4.69, 9.17) is 10.5 Å². The molecule has 0 atom stereocenters. The molecule has 0 aliphatic carbocycles. The van der Waals surface area contributed by atoms with E-state index in [1.165, 1.54) is 11.1 Å². The molecule has 0 fully saturated rings. The van der Waals surface area contributed by atoms with Gasteiger partial charge in [0.05, 0.1) is 12.7 Å². The Morgan fingerprint density at radius 3 is 2.68 bits per heavy atom. The Morgan fingerprint density at radius 2 is 1.95 bits per heavy atom. The molecule has 3 heteroatoms. The van der Waals surface area contributed by atoms with Crippen LogP contribution in [-0.2, 0) is 6.54 Å². The van der Waals surface area contributed by atoms with Gasteiger partial charge < -0.3 is 4.74 Å². The van der Waals surface area contributed by atoms with Gasteiger partial charge in [0.25, 0.3) is 5.84 Å². The maximum Gasteiger partial charge on any atom is 0.280 e. The van der Waals surface area contributed by atoms with Crippen LogP contribution in [0.1, 0.15) is 16.7 Å². The van der Waals surface area contributed by atoms with Gasteiger partial charge in [-0.2, -0.15) is 0 Å². The van der Waals surface area contributed by atoms with Crippen LogP contribution in [0.25, 0.3) is 0 Å². The number of methoxy groups -OCH3 is 1. The first-order chi connectivity index (χ1) is 9.20. The average molecular weight is 253 g/mol. The lowest BCUT2D eigenvalue weighted by atomic mass is 10.1. The minimum absolute atomic E-state index is 0.791. The predicted octanol–water partition coefficient (Wildman–Crippen LogP) is 2.57. The Balaban J connectivity index is 2.15. The van der Waals surface area contributed by atoms with Gasteiger partial charge in [0.1, 0.15) is 6.54 Å². The van der Waals surface area contributed by atoms with E-state index < -0.39 is 0 Å². The maximum atomic E-state index is 6.28. The summed E-state index contributed by atoms with van der Waals surface area (Å²) >= 11 is 0. The summed E-state index contributed by atoms with van der Waals surface area (Å²) in [6.45, 7) is 2.87. The zero-order valence-electron chi connectivity index (χ0n) is 11.2. The summed E-state index contributed by atoms with van der Waals surface area (Å²) in [5, 5.41) is 0. The van der Waals surface area contributed by atoms with E-state index >= 15 is 0 Å². The van der Waals surface area contributed by atoms with Crippen molar-refractivity contribution in [3.63, 3.8) is 0 Å². The highest BCUT2D eigenvalue weighted by atomic mass is 16.5. The molecule has 19 heavy (non-hydrogen) atoms. The van der Waals surface area contributed by atoms with Crippen molar-refractivity contribution < 1.29 is 9.31 Å². The summed E-state index contributed by atoms with van der Waals surface area (Å²) in [5.74, 6) is 1.64. The number of hydrogen-bond acceptors (Lipinski definition) is 2. The molecule has 1 aliphatic rings. The van der Waals surface area contributed by atoms with Crippen molar-refractivity contribution in [2.45, 2.75) is 13.5 Å². The van der Waals surface area contributed by atoms with E-state index in [0.29, 0.717) is 0 Å². The van der Waals surface area contributed by atoms with Gasteiger partial charge >= 0.3 is 0 Å². The summed E-state index contributed by atoms with van der Waals surface area (Å²) in [6.07, 6.45) is 0. The molecule has 0 aromatic heterocycles. The third-order valence-electron chi connectivity index (χ3n) is 3.54. The first-order valence-electron chi connectivity index (χ1n) is 6.33. The topological polar surface area (TPSA) is 38.3 Å². The van der Waals surface area contributed by atoms with Crippen LogP contribution in [0.5, 0.6) is 5.75 Å². The van der Waals surface area contributed by atoms with Crippen LogP contribution in [0, 0.1) is 6.92 Å². The summed E-state index contributed by atoms with van der Waals surface area (Å²) in [4.78, 5) is 0. The van der Waals surface area contributed by atoms with E-state index in [2.05, 4.69) is 29.7 Å². The molecule has 0 saturated carbocycles. The molecule has 3 rings (SSSR count). The van der Waals surface area contributed by atoms with Crippen LogP contribution in [-0.4, -0.2) is 17.5 Å². The molecule has 0 unspecified atom stereocenters. The number of hydrogen-bond donors (Lipinski definition) is 1. The number of fused-ring (bicyclic) bond motifs is 1. The Morgan fingerprint density at radius 1 is 1.16 bits per heavy atom. The Kier molecular flexibility index (Phi) is 2.75. The molecule has 96 valence electrons. The van der Waals surface area contributed by atoms with Gasteiger partial charge in [-0.3, -0.25) is 5.73 Å². The summed E-state index contributed by atoms with van der Waals surface area (Å²) < 4.78 is 7.56. The average Bonchev–Trinajstić information content (AvgIpc) is 2.76. The van der Waals surface area contributed by atoms with Crippen LogP contribution in [0.2, 0.25) is 0 Å². The summed E-state index contributed by atoms with van der Waals surface area (Å²) in [5.41, 5.74) is 10.9. The SMILES string of the molecule is COc1ccc(C)cc1[N+]1=C(N)c2ccccc2C1.